The first kappa shape index (κ1) is 25.0. The fourth-order valence-electron chi connectivity index (χ4n) is 2.89. The van der Waals surface area contributed by atoms with Gasteiger partial charge in [0, 0.05) is 49.6 Å². The fraction of sp³-hybridized carbons (Fsp3) is 0.167. The van der Waals surface area contributed by atoms with Gasteiger partial charge in [0.05, 0.1) is 12.6 Å². The molecule has 2 aromatic heterocycles. The van der Waals surface area contributed by atoms with Gasteiger partial charge in [0.15, 0.2) is 11.6 Å². The van der Waals surface area contributed by atoms with Crippen LogP contribution in [0.25, 0.3) is 12.2 Å². The highest BCUT2D eigenvalue weighted by molar-refractivity contribution is 6.07. The van der Waals surface area contributed by atoms with E-state index >= 15 is 0 Å². The van der Waals surface area contributed by atoms with Crippen LogP contribution < -0.4 is 0 Å². The van der Waals surface area contributed by atoms with E-state index < -0.39 is 17.9 Å². The molecule has 1 atom stereocenters. The SMILES string of the molecule is O=C1C=CC(O)CN1C(=O)/C=C/c1ncccn1.O=C1C=CCCN1C(=O)/C=C/c1ncccn1. The summed E-state index contributed by atoms with van der Waals surface area (Å²) in [5, 5.41) is 9.35. The van der Waals surface area contributed by atoms with E-state index in [-0.39, 0.29) is 18.4 Å². The van der Waals surface area contributed by atoms with Crippen LogP contribution in [-0.4, -0.2) is 77.7 Å². The van der Waals surface area contributed by atoms with Gasteiger partial charge in [0.25, 0.3) is 23.6 Å². The normalized spacial score (nSPS) is 17.6. The molecule has 0 aromatic carbocycles. The smallest absolute Gasteiger partial charge is 0.253 e. The first-order chi connectivity index (χ1) is 16.9. The lowest BCUT2D eigenvalue weighted by molar-refractivity contribution is -0.141. The molecule has 1 unspecified atom stereocenters. The first-order valence-electron chi connectivity index (χ1n) is 10.6. The van der Waals surface area contributed by atoms with Gasteiger partial charge in [0.2, 0.25) is 0 Å². The Hall–Kier alpha value is -4.64. The molecule has 4 heterocycles. The van der Waals surface area contributed by atoms with Crippen molar-refractivity contribution in [2.75, 3.05) is 13.1 Å². The number of nitrogens with zero attached hydrogens (tertiary/aromatic N) is 6. The summed E-state index contributed by atoms with van der Waals surface area (Å²) < 4.78 is 0. The molecule has 0 saturated carbocycles. The van der Waals surface area contributed by atoms with Gasteiger partial charge in [-0.2, -0.15) is 0 Å². The highest BCUT2D eigenvalue weighted by Crippen LogP contribution is 2.06. The third kappa shape index (κ3) is 7.72. The van der Waals surface area contributed by atoms with Crippen LogP contribution >= 0.6 is 0 Å². The number of carbonyl (C=O) groups is 4. The second-order valence-electron chi connectivity index (χ2n) is 7.11. The van der Waals surface area contributed by atoms with Crippen molar-refractivity contribution in [3.8, 4) is 0 Å². The number of aliphatic hydroxyl groups excluding tert-OH is 1. The molecule has 0 aliphatic carbocycles. The average Bonchev–Trinajstić information content (AvgIpc) is 2.89. The van der Waals surface area contributed by atoms with E-state index in [1.165, 1.54) is 47.4 Å². The number of hydrogen-bond donors (Lipinski definition) is 1. The van der Waals surface area contributed by atoms with Crippen molar-refractivity contribution in [3.05, 3.63) is 85.0 Å². The van der Waals surface area contributed by atoms with Crippen LogP contribution in [0, 0.1) is 0 Å². The van der Waals surface area contributed by atoms with Crippen molar-refractivity contribution < 1.29 is 24.3 Å². The Morgan fingerprint density at radius 1 is 0.829 bits per heavy atom. The monoisotopic (exact) mass is 474 g/mol. The molecule has 1 N–H and O–H groups in total. The van der Waals surface area contributed by atoms with Crippen molar-refractivity contribution in [1.82, 2.24) is 29.7 Å². The van der Waals surface area contributed by atoms with Crippen LogP contribution in [0.15, 0.2) is 73.4 Å². The minimum absolute atomic E-state index is 0.0336. The highest BCUT2D eigenvalue weighted by Gasteiger charge is 2.23. The molecule has 4 amide bonds. The second-order valence-corrected chi connectivity index (χ2v) is 7.11. The maximum Gasteiger partial charge on any atom is 0.253 e. The van der Waals surface area contributed by atoms with Crippen LogP contribution in [0.4, 0.5) is 0 Å². The Kier molecular flexibility index (Phi) is 8.97. The topological polar surface area (TPSA) is 147 Å². The second kappa shape index (κ2) is 12.6. The molecule has 178 valence electrons. The van der Waals surface area contributed by atoms with Crippen molar-refractivity contribution in [2.24, 2.45) is 0 Å². The number of imide groups is 2. The minimum Gasteiger partial charge on any atom is -0.387 e. The van der Waals surface area contributed by atoms with Gasteiger partial charge >= 0.3 is 0 Å². The predicted molar refractivity (Wildman–Crippen MR) is 124 cm³/mol. The zero-order valence-corrected chi connectivity index (χ0v) is 18.5. The molecule has 2 aliphatic heterocycles. The van der Waals surface area contributed by atoms with Crippen molar-refractivity contribution in [1.29, 1.82) is 0 Å². The summed E-state index contributed by atoms with van der Waals surface area (Å²) in [6.07, 6.45) is 17.3. The zero-order chi connectivity index (χ0) is 25.0. The van der Waals surface area contributed by atoms with Gasteiger partial charge in [-0.1, -0.05) is 6.08 Å². The van der Waals surface area contributed by atoms with Gasteiger partial charge in [-0.15, -0.1) is 0 Å². The maximum atomic E-state index is 11.7. The molecular weight excluding hydrogens is 452 g/mol. The maximum absolute atomic E-state index is 11.7. The number of carbonyl (C=O) groups excluding carboxylic acids is 4. The number of aromatic nitrogens is 4. The third-order valence-electron chi connectivity index (χ3n) is 4.60. The van der Waals surface area contributed by atoms with E-state index in [1.54, 1.807) is 43.0 Å². The van der Waals surface area contributed by atoms with E-state index in [0.29, 0.717) is 24.6 Å². The van der Waals surface area contributed by atoms with Gasteiger partial charge in [-0.05, 0) is 42.9 Å². The summed E-state index contributed by atoms with van der Waals surface area (Å²) in [5.41, 5.74) is 0. The lowest BCUT2D eigenvalue weighted by Crippen LogP contribution is -2.42. The number of β-amino-alcohol motifs (C(OH)–C–C–N with tert-alkyl or cyclic N) is 1. The Balaban J connectivity index is 0.000000196. The Bertz CT molecular complexity index is 1180. The van der Waals surface area contributed by atoms with Crippen molar-refractivity contribution in [2.45, 2.75) is 12.5 Å². The van der Waals surface area contributed by atoms with Crippen LogP contribution in [0.3, 0.4) is 0 Å². The number of hydrogen-bond acceptors (Lipinski definition) is 9. The molecule has 2 aliphatic rings. The van der Waals surface area contributed by atoms with E-state index in [1.807, 2.05) is 0 Å². The predicted octanol–water partition coefficient (Wildman–Crippen LogP) is 0.581. The minimum atomic E-state index is -0.812. The summed E-state index contributed by atoms with van der Waals surface area (Å²) in [7, 11) is 0. The van der Waals surface area contributed by atoms with Crippen LogP contribution in [0.1, 0.15) is 18.1 Å². The molecule has 0 spiro atoms. The van der Waals surface area contributed by atoms with E-state index in [9.17, 15) is 24.3 Å². The number of aliphatic hydroxyl groups is 1. The fourth-order valence-corrected chi connectivity index (χ4v) is 2.89. The van der Waals surface area contributed by atoms with Gasteiger partial charge in [0.1, 0.15) is 0 Å². The molecule has 35 heavy (non-hydrogen) atoms. The van der Waals surface area contributed by atoms with Gasteiger partial charge in [-0.25, -0.2) is 19.9 Å². The molecule has 0 bridgehead atoms. The molecule has 4 rings (SSSR count). The molecule has 0 saturated heterocycles. The van der Waals surface area contributed by atoms with Crippen LogP contribution in [-0.2, 0) is 19.2 Å². The lowest BCUT2D eigenvalue weighted by atomic mass is 10.2. The summed E-state index contributed by atoms with van der Waals surface area (Å²) in [4.78, 5) is 64.2. The summed E-state index contributed by atoms with van der Waals surface area (Å²) in [5.74, 6) is -0.737. The Morgan fingerprint density at radius 2 is 1.34 bits per heavy atom. The van der Waals surface area contributed by atoms with Crippen molar-refractivity contribution >= 4 is 35.8 Å². The molecule has 2 aromatic rings. The average molecular weight is 474 g/mol. The Morgan fingerprint density at radius 3 is 1.89 bits per heavy atom. The standard InChI is InChI=1S/C12H11N3O3.C12H11N3O2/c16-9-2-4-11(17)15(8-9)12(18)5-3-10-13-6-1-7-14-10;16-11-4-1-2-9-15(11)12(17)6-5-10-13-7-3-8-14-10/h1-7,9,16H,8H2;1,3-8H,2,9H2/b5-3+;6-5+. The highest BCUT2D eigenvalue weighted by atomic mass is 16.3. The molecule has 0 fully saturated rings. The molecule has 0 radical (unpaired) electrons. The third-order valence-corrected chi connectivity index (χ3v) is 4.60. The number of amides is 4. The van der Waals surface area contributed by atoms with Gasteiger partial charge in [-0.3, -0.25) is 29.0 Å². The molecule has 11 nitrogen and oxygen atoms in total. The van der Waals surface area contributed by atoms with E-state index in [2.05, 4.69) is 19.9 Å². The summed E-state index contributed by atoms with van der Waals surface area (Å²) in [6, 6.07) is 3.35. The largest absolute Gasteiger partial charge is 0.387 e. The molecule has 11 heteroatoms. The number of rotatable bonds is 4. The zero-order valence-electron chi connectivity index (χ0n) is 18.5. The first-order valence-corrected chi connectivity index (χ1v) is 10.6. The summed E-state index contributed by atoms with van der Waals surface area (Å²) in [6.45, 7) is 0.391. The summed E-state index contributed by atoms with van der Waals surface area (Å²) >= 11 is 0. The van der Waals surface area contributed by atoms with E-state index in [0.717, 1.165) is 4.90 Å². The van der Waals surface area contributed by atoms with Crippen LogP contribution in [0.5, 0.6) is 0 Å². The van der Waals surface area contributed by atoms with Crippen LogP contribution in [0.2, 0.25) is 0 Å². The Labute approximate surface area is 200 Å². The van der Waals surface area contributed by atoms with Gasteiger partial charge < -0.3 is 5.11 Å². The quantitative estimate of drug-likeness (QED) is 0.629. The lowest BCUT2D eigenvalue weighted by Gasteiger charge is -2.23. The van der Waals surface area contributed by atoms with E-state index in [4.69, 9.17) is 0 Å². The molecular formula is C24H22N6O5. The van der Waals surface area contributed by atoms with Crippen molar-refractivity contribution in [3.63, 3.8) is 0 Å².